The Morgan fingerprint density at radius 2 is 1.73 bits per heavy atom. The van der Waals surface area contributed by atoms with Gasteiger partial charge in [-0.2, -0.15) is 4.98 Å². The van der Waals surface area contributed by atoms with E-state index in [1.807, 2.05) is 39.1 Å². The number of nitrogens with one attached hydrogen (secondary N) is 1. The van der Waals surface area contributed by atoms with Crippen LogP contribution in [0, 0.1) is 25.2 Å². The molecule has 7 rings (SSSR count). The molecule has 2 aliphatic carbocycles. The maximum Gasteiger partial charge on any atom is 0.264 e. The number of fused-ring (bicyclic) bond motifs is 4. The first-order chi connectivity index (χ1) is 24.3. The highest BCUT2D eigenvalue weighted by molar-refractivity contribution is 7.92. The second-order valence-electron chi connectivity index (χ2n) is 15.3. The Bertz CT molecular complexity index is 2020. The monoisotopic (exact) mass is 709 g/mol. The molecule has 4 bridgehead atoms. The van der Waals surface area contributed by atoms with Gasteiger partial charge in [0.1, 0.15) is 12.4 Å². The second-order valence-corrected chi connectivity index (χ2v) is 17.0. The number of rotatable bonds is 8. The summed E-state index contributed by atoms with van der Waals surface area (Å²) in [5.41, 5.74) is 4.63. The van der Waals surface area contributed by atoms with E-state index < -0.39 is 10.0 Å². The molecule has 3 heterocycles. The number of hydrogen-bond donors (Lipinski definition) is 1. The number of ether oxygens (including phenoxy) is 1. The number of benzene rings is 2. The van der Waals surface area contributed by atoms with E-state index in [2.05, 4.69) is 38.4 Å². The summed E-state index contributed by atoms with van der Waals surface area (Å²) in [5, 5.41) is 0. The number of nitrogens with zero attached hydrogens (tertiary/aromatic N) is 6. The minimum absolute atomic E-state index is 0.0618. The highest BCUT2D eigenvalue weighted by Gasteiger charge is 2.37. The van der Waals surface area contributed by atoms with Gasteiger partial charge >= 0.3 is 0 Å². The number of carbonyl (C=O) groups excluding carboxylic acids is 1. The molecule has 0 radical (unpaired) electrons. The van der Waals surface area contributed by atoms with Crippen LogP contribution in [0.1, 0.15) is 86.0 Å². The Labute approximate surface area is 301 Å². The lowest BCUT2D eigenvalue weighted by Gasteiger charge is -2.43. The van der Waals surface area contributed by atoms with Crippen LogP contribution < -0.4 is 14.4 Å². The number of anilines is 2. The van der Waals surface area contributed by atoms with E-state index in [9.17, 15) is 13.2 Å². The zero-order chi connectivity index (χ0) is 35.9. The molecule has 51 heavy (non-hydrogen) atoms. The van der Waals surface area contributed by atoms with Gasteiger partial charge in [-0.15, -0.1) is 0 Å². The van der Waals surface area contributed by atoms with E-state index in [-0.39, 0.29) is 47.4 Å². The molecule has 1 atom stereocenters. The minimum atomic E-state index is -4.17. The molecule has 0 saturated heterocycles. The molecule has 0 spiro atoms. The van der Waals surface area contributed by atoms with E-state index in [4.69, 9.17) is 9.72 Å². The molecule has 3 aliphatic rings. The van der Waals surface area contributed by atoms with Gasteiger partial charge in [-0.3, -0.25) is 9.78 Å². The predicted molar refractivity (Wildman–Crippen MR) is 197 cm³/mol. The SMILES string of the molecule is Cc1cccc(C)c1-c1cc2nc(n1)NS(=O)(=O)c1cccc(c1)C(=O)N(Cc1cncc(N(C)C3CCC3)n1)C(CCC1CC(C)(C)C1)CO2. The van der Waals surface area contributed by atoms with Gasteiger partial charge in [0.05, 0.1) is 41.3 Å². The topological polar surface area (TPSA) is 131 Å². The standard InChI is InChI=1S/C39H47N7O4S/c1-25-9-6-10-26(2)36(25)33-18-35-43-38(42-33)44-51(48,49)32-14-7-11-28(17-32)37(47)46(31(24-50-35)16-15-27-19-39(3,4)20-27)23-29-21-40-22-34(41-29)45(5)30-12-8-13-30/h6-7,9-11,14,17-18,21-22,27,30-31H,8,12-13,15-16,19-20,23-24H2,1-5H3,(H,42,43,44). The third kappa shape index (κ3) is 7.56. The normalized spacial score (nSPS) is 20.1. The van der Waals surface area contributed by atoms with Crippen LogP contribution in [-0.4, -0.2) is 64.9 Å². The minimum Gasteiger partial charge on any atom is -0.475 e. The lowest BCUT2D eigenvalue weighted by atomic mass is 9.63. The number of aromatic nitrogens is 4. The number of carbonyl (C=O) groups is 1. The van der Waals surface area contributed by atoms with Crippen LogP contribution in [0.5, 0.6) is 5.88 Å². The molecule has 268 valence electrons. The van der Waals surface area contributed by atoms with Crippen molar-refractivity contribution in [1.29, 1.82) is 0 Å². The Balaban J connectivity index is 1.30. The highest BCUT2D eigenvalue weighted by atomic mass is 32.2. The first-order valence-corrected chi connectivity index (χ1v) is 19.4. The van der Waals surface area contributed by atoms with Crippen molar-refractivity contribution in [2.24, 2.45) is 11.3 Å². The lowest BCUT2D eigenvalue weighted by Crippen LogP contribution is -2.44. The third-order valence-electron chi connectivity index (χ3n) is 10.8. The zero-order valence-corrected chi connectivity index (χ0v) is 30.9. The van der Waals surface area contributed by atoms with E-state index in [0.717, 1.165) is 54.6 Å². The molecule has 1 N–H and O–H groups in total. The van der Waals surface area contributed by atoms with Crippen LogP contribution in [0.2, 0.25) is 0 Å². The van der Waals surface area contributed by atoms with Crippen molar-refractivity contribution in [2.75, 3.05) is 23.3 Å². The number of sulfonamides is 1. The predicted octanol–water partition coefficient (Wildman–Crippen LogP) is 6.96. The summed E-state index contributed by atoms with van der Waals surface area (Å²) in [6.45, 7) is 8.90. The summed E-state index contributed by atoms with van der Waals surface area (Å²) < 4.78 is 36.6. The van der Waals surface area contributed by atoms with Crippen LogP contribution in [0.25, 0.3) is 11.3 Å². The van der Waals surface area contributed by atoms with Gasteiger partial charge in [0.2, 0.25) is 11.8 Å². The van der Waals surface area contributed by atoms with Crippen molar-refractivity contribution in [3.05, 3.63) is 83.3 Å². The molecule has 4 aromatic rings. The van der Waals surface area contributed by atoms with Crippen LogP contribution in [0.3, 0.4) is 0 Å². The first-order valence-electron chi connectivity index (χ1n) is 17.9. The summed E-state index contributed by atoms with van der Waals surface area (Å²) in [5.74, 6) is 1.14. The fraction of sp³-hybridized carbons (Fsp3) is 0.462. The van der Waals surface area contributed by atoms with Crippen molar-refractivity contribution in [3.63, 3.8) is 0 Å². The first kappa shape index (κ1) is 34.9. The van der Waals surface area contributed by atoms with Crippen LogP contribution in [0.15, 0.2) is 65.8 Å². The molecule has 2 saturated carbocycles. The van der Waals surface area contributed by atoms with E-state index in [1.165, 1.54) is 18.6 Å². The maximum absolute atomic E-state index is 14.6. The molecule has 2 aromatic carbocycles. The summed E-state index contributed by atoms with van der Waals surface area (Å²) in [6.07, 6.45) is 10.8. The average Bonchev–Trinajstić information content (AvgIpc) is 3.05. The van der Waals surface area contributed by atoms with Gasteiger partial charge in [-0.1, -0.05) is 38.1 Å². The number of aryl methyl sites for hydroxylation is 2. The van der Waals surface area contributed by atoms with Crippen molar-refractivity contribution in [3.8, 4) is 17.1 Å². The highest BCUT2D eigenvalue weighted by Crippen LogP contribution is 2.47. The average molecular weight is 710 g/mol. The van der Waals surface area contributed by atoms with Crippen LogP contribution in [-0.2, 0) is 16.6 Å². The summed E-state index contributed by atoms with van der Waals surface area (Å²) in [6, 6.07) is 13.9. The Kier molecular flexibility index (Phi) is 9.47. The van der Waals surface area contributed by atoms with Crippen LogP contribution >= 0.6 is 0 Å². The fourth-order valence-electron chi connectivity index (χ4n) is 7.82. The largest absolute Gasteiger partial charge is 0.475 e. The summed E-state index contributed by atoms with van der Waals surface area (Å²) >= 11 is 0. The van der Waals surface area contributed by atoms with Gasteiger partial charge in [0.25, 0.3) is 15.9 Å². The van der Waals surface area contributed by atoms with Gasteiger partial charge in [0, 0.05) is 30.3 Å². The van der Waals surface area contributed by atoms with Crippen molar-refractivity contribution in [1.82, 2.24) is 24.8 Å². The third-order valence-corrected chi connectivity index (χ3v) is 12.1. The molecule has 1 unspecified atom stereocenters. The van der Waals surface area contributed by atoms with Crippen molar-refractivity contribution >= 4 is 27.7 Å². The van der Waals surface area contributed by atoms with E-state index >= 15 is 0 Å². The maximum atomic E-state index is 14.6. The van der Waals surface area contributed by atoms with Crippen LogP contribution in [0.4, 0.5) is 11.8 Å². The van der Waals surface area contributed by atoms with Crippen molar-refractivity contribution < 1.29 is 17.9 Å². The van der Waals surface area contributed by atoms with Gasteiger partial charge in [-0.05, 0) is 99.5 Å². The quantitative estimate of drug-likeness (QED) is 0.206. The Morgan fingerprint density at radius 3 is 2.43 bits per heavy atom. The Hall–Kier alpha value is -4.58. The molecule has 12 heteroatoms. The number of hydrogen-bond acceptors (Lipinski definition) is 9. The molecule has 1 amide bonds. The molecule has 1 aliphatic heterocycles. The van der Waals surface area contributed by atoms with Gasteiger partial charge in [-0.25, -0.2) is 23.1 Å². The fourth-order valence-corrected chi connectivity index (χ4v) is 8.81. The Morgan fingerprint density at radius 1 is 0.980 bits per heavy atom. The van der Waals surface area contributed by atoms with Gasteiger partial charge < -0.3 is 14.5 Å². The molecule has 11 nitrogen and oxygen atoms in total. The van der Waals surface area contributed by atoms with E-state index in [0.29, 0.717) is 35.2 Å². The lowest BCUT2D eigenvalue weighted by molar-refractivity contribution is 0.0476. The number of amides is 1. The summed E-state index contributed by atoms with van der Waals surface area (Å²) in [7, 11) is -2.13. The summed E-state index contributed by atoms with van der Waals surface area (Å²) in [4.78, 5) is 37.2. The second kappa shape index (κ2) is 13.9. The molecular weight excluding hydrogens is 663 g/mol. The van der Waals surface area contributed by atoms with Gasteiger partial charge in [0.15, 0.2) is 0 Å². The smallest absolute Gasteiger partial charge is 0.264 e. The molecular formula is C39H47N7O4S. The van der Waals surface area contributed by atoms with Crippen molar-refractivity contribution in [2.45, 2.75) is 96.2 Å². The molecule has 2 aromatic heterocycles. The zero-order valence-electron chi connectivity index (χ0n) is 30.1. The van der Waals surface area contributed by atoms with E-state index in [1.54, 1.807) is 35.5 Å². The molecule has 2 fully saturated rings.